The van der Waals surface area contributed by atoms with Crippen molar-refractivity contribution in [1.29, 1.82) is 0 Å². The van der Waals surface area contributed by atoms with E-state index < -0.39 is 0 Å². The number of aliphatic imine (C=N–C) groups is 1. The summed E-state index contributed by atoms with van der Waals surface area (Å²) in [7, 11) is 1.84. The number of benzene rings is 1. The van der Waals surface area contributed by atoms with Crippen molar-refractivity contribution in [3.8, 4) is 0 Å². The number of hydrogen-bond donors (Lipinski definition) is 0. The first-order chi connectivity index (χ1) is 7.31. The summed E-state index contributed by atoms with van der Waals surface area (Å²) in [6.07, 6.45) is 6.35. The molecule has 15 heavy (non-hydrogen) atoms. The third-order valence-corrected chi connectivity index (χ3v) is 2.38. The summed E-state index contributed by atoms with van der Waals surface area (Å²) < 4.78 is 0. The Hall–Kier alpha value is -1.37. The zero-order valence-corrected chi connectivity index (χ0v) is 9.83. The van der Waals surface area contributed by atoms with E-state index in [4.69, 9.17) is 0 Å². The quantitative estimate of drug-likeness (QED) is 0.660. The Morgan fingerprint density at radius 1 is 1.33 bits per heavy atom. The van der Waals surface area contributed by atoms with Crippen LogP contribution in [0.5, 0.6) is 0 Å². The maximum atomic E-state index is 4.30. The fourth-order valence-electron chi connectivity index (χ4n) is 1.48. The molecule has 0 N–H and O–H groups in total. The van der Waals surface area contributed by atoms with E-state index >= 15 is 0 Å². The van der Waals surface area contributed by atoms with Crippen LogP contribution in [0.15, 0.2) is 41.4 Å². The van der Waals surface area contributed by atoms with Crippen molar-refractivity contribution in [1.82, 2.24) is 0 Å². The van der Waals surface area contributed by atoms with Gasteiger partial charge in [-0.25, -0.2) is 0 Å². The SMILES string of the molecule is CC/C=C\C(=N/C)c1cccc(CC)c1. The molecule has 0 saturated carbocycles. The van der Waals surface area contributed by atoms with Crippen LogP contribution in [0.1, 0.15) is 31.4 Å². The van der Waals surface area contributed by atoms with Gasteiger partial charge in [-0.15, -0.1) is 0 Å². The smallest absolute Gasteiger partial charge is 0.0640 e. The molecule has 1 aromatic rings. The zero-order valence-electron chi connectivity index (χ0n) is 9.83. The van der Waals surface area contributed by atoms with Crippen molar-refractivity contribution in [2.45, 2.75) is 26.7 Å². The average molecular weight is 201 g/mol. The van der Waals surface area contributed by atoms with Crippen LogP contribution in [-0.2, 0) is 6.42 Å². The summed E-state index contributed by atoms with van der Waals surface area (Å²) >= 11 is 0. The fourth-order valence-corrected chi connectivity index (χ4v) is 1.48. The molecular weight excluding hydrogens is 182 g/mol. The van der Waals surface area contributed by atoms with Gasteiger partial charge in [0.15, 0.2) is 0 Å². The molecule has 0 atom stereocenters. The van der Waals surface area contributed by atoms with E-state index in [-0.39, 0.29) is 0 Å². The minimum Gasteiger partial charge on any atom is -0.288 e. The van der Waals surface area contributed by atoms with Crippen LogP contribution in [0.4, 0.5) is 0 Å². The lowest BCUT2D eigenvalue weighted by atomic mass is 10.0. The van der Waals surface area contributed by atoms with Gasteiger partial charge < -0.3 is 0 Å². The molecule has 1 nitrogen and oxygen atoms in total. The first-order valence-electron chi connectivity index (χ1n) is 5.54. The lowest BCUT2D eigenvalue weighted by Gasteiger charge is -2.03. The molecule has 0 fully saturated rings. The summed E-state index contributed by atoms with van der Waals surface area (Å²) in [6, 6.07) is 8.57. The average Bonchev–Trinajstić information content (AvgIpc) is 2.30. The van der Waals surface area contributed by atoms with Crippen molar-refractivity contribution >= 4 is 5.71 Å². The van der Waals surface area contributed by atoms with Crippen LogP contribution < -0.4 is 0 Å². The maximum absolute atomic E-state index is 4.30. The summed E-state index contributed by atoms with van der Waals surface area (Å²) in [5.41, 5.74) is 3.63. The van der Waals surface area contributed by atoms with Crippen LogP contribution in [0.25, 0.3) is 0 Å². The molecule has 0 amide bonds. The van der Waals surface area contributed by atoms with Gasteiger partial charge >= 0.3 is 0 Å². The molecule has 80 valence electrons. The first kappa shape index (κ1) is 11.7. The Morgan fingerprint density at radius 2 is 2.13 bits per heavy atom. The van der Waals surface area contributed by atoms with Gasteiger partial charge in [-0.05, 0) is 36.1 Å². The highest BCUT2D eigenvalue weighted by molar-refractivity contribution is 6.08. The fraction of sp³-hybridized carbons (Fsp3) is 0.357. The molecular formula is C14H19N. The van der Waals surface area contributed by atoms with Gasteiger partial charge in [0, 0.05) is 7.05 Å². The van der Waals surface area contributed by atoms with Crippen LogP contribution in [0.2, 0.25) is 0 Å². The number of nitrogens with zero attached hydrogens (tertiary/aromatic N) is 1. The van der Waals surface area contributed by atoms with Gasteiger partial charge in [-0.2, -0.15) is 0 Å². The van der Waals surface area contributed by atoms with Crippen molar-refractivity contribution < 1.29 is 0 Å². The van der Waals surface area contributed by atoms with Crippen molar-refractivity contribution in [3.05, 3.63) is 47.5 Å². The largest absolute Gasteiger partial charge is 0.288 e. The summed E-state index contributed by atoms with van der Waals surface area (Å²) in [4.78, 5) is 4.30. The molecule has 0 saturated heterocycles. The molecule has 0 unspecified atom stereocenters. The Balaban J connectivity index is 2.97. The van der Waals surface area contributed by atoms with Gasteiger partial charge in [-0.3, -0.25) is 4.99 Å². The topological polar surface area (TPSA) is 12.4 Å². The molecule has 1 heteroatoms. The van der Waals surface area contributed by atoms with Gasteiger partial charge in [0.25, 0.3) is 0 Å². The highest BCUT2D eigenvalue weighted by Crippen LogP contribution is 2.08. The summed E-state index contributed by atoms with van der Waals surface area (Å²) in [6.45, 7) is 4.30. The monoisotopic (exact) mass is 201 g/mol. The molecule has 0 aliphatic heterocycles. The highest BCUT2D eigenvalue weighted by atomic mass is 14.7. The number of rotatable bonds is 4. The molecule has 0 aliphatic rings. The van der Waals surface area contributed by atoms with E-state index in [0.717, 1.165) is 18.6 Å². The predicted molar refractivity (Wildman–Crippen MR) is 67.7 cm³/mol. The molecule has 0 heterocycles. The van der Waals surface area contributed by atoms with Crippen molar-refractivity contribution in [2.75, 3.05) is 7.05 Å². The van der Waals surface area contributed by atoms with Crippen LogP contribution >= 0.6 is 0 Å². The highest BCUT2D eigenvalue weighted by Gasteiger charge is 1.98. The third kappa shape index (κ3) is 3.35. The Kier molecular flexibility index (Phi) is 4.82. The number of hydrogen-bond acceptors (Lipinski definition) is 1. The molecule has 0 aromatic heterocycles. The van der Waals surface area contributed by atoms with E-state index in [9.17, 15) is 0 Å². The van der Waals surface area contributed by atoms with E-state index in [1.165, 1.54) is 11.1 Å². The normalized spacial score (nSPS) is 12.3. The van der Waals surface area contributed by atoms with Gasteiger partial charge in [0.1, 0.15) is 0 Å². The second-order valence-corrected chi connectivity index (χ2v) is 3.47. The van der Waals surface area contributed by atoms with Crippen LogP contribution in [0, 0.1) is 0 Å². The van der Waals surface area contributed by atoms with E-state index in [2.05, 4.69) is 55.3 Å². The molecule has 0 spiro atoms. The van der Waals surface area contributed by atoms with Gasteiger partial charge in [0.2, 0.25) is 0 Å². The Morgan fingerprint density at radius 3 is 2.73 bits per heavy atom. The summed E-state index contributed by atoms with van der Waals surface area (Å²) in [5.74, 6) is 0. The lowest BCUT2D eigenvalue weighted by Crippen LogP contribution is -1.97. The summed E-state index contributed by atoms with van der Waals surface area (Å²) in [5, 5.41) is 0. The second kappa shape index (κ2) is 6.18. The van der Waals surface area contributed by atoms with E-state index in [0.29, 0.717) is 0 Å². The van der Waals surface area contributed by atoms with Crippen LogP contribution in [-0.4, -0.2) is 12.8 Å². The molecule has 0 aliphatic carbocycles. The zero-order chi connectivity index (χ0) is 11.1. The van der Waals surface area contributed by atoms with Crippen molar-refractivity contribution in [2.24, 2.45) is 4.99 Å². The molecule has 1 aromatic carbocycles. The predicted octanol–water partition coefficient (Wildman–Crippen LogP) is 3.63. The Bertz CT molecular complexity index is 361. The molecule has 0 radical (unpaired) electrons. The Labute approximate surface area is 92.6 Å². The minimum atomic E-state index is 1.05. The maximum Gasteiger partial charge on any atom is 0.0640 e. The van der Waals surface area contributed by atoms with E-state index in [1.807, 2.05) is 7.05 Å². The van der Waals surface area contributed by atoms with Crippen molar-refractivity contribution in [3.63, 3.8) is 0 Å². The number of aryl methyl sites for hydroxylation is 1. The molecule has 1 rings (SSSR count). The minimum absolute atomic E-state index is 1.05. The second-order valence-electron chi connectivity index (χ2n) is 3.47. The van der Waals surface area contributed by atoms with Crippen LogP contribution in [0.3, 0.4) is 0 Å². The number of allylic oxidation sites excluding steroid dienone is 2. The van der Waals surface area contributed by atoms with Gasteiger partial charge in [0.05, 0.1) is 5.71 Å². The lowest BCUT2D eigenvalue weighted by molar-refractivity contribution is 1.14. The van der Waals surface area contributed by atoms with Gasteiger partial charge in [-0.1, -0.05) is 38.1 Å². The third-order valence-electron chi connectivity index (χ3n) is 2.38. The van der Waals surface area contributed by atoms with E-state index in [1.54, 1.807) is 0 Å². The standard InChI is InChI=1S/C14H19N/c1-4-6-10-14(15-3)13-9-7-8-12(5-2)11-13/h6-11H,4-5H2,1-3H3/b10-6-,15-14+. The molecule has 0 bridgehead atoms. The first-order valence-corrected chi connectivity index (χ1v) is 5.54.